The van der Waals surface area contributed by atoms with Gasteiger partial charge in [-0.05, 0) is 87.5 Å². The number of benzene rings is 1. The molecule has 1 aromatic carbocycles. The van der Waals surface area contributed by atoms with E-state index in [1.807, 2.05) is 24.5 Å². The second kappa shape index (κ2) is 11.6. The van der Waals surface area contributed by atoms with Crippen LogP contribution in [0, 0.1) is 12.3 Å². The summed E-state index contributed by atoms with van der Waals surface area (Å²) in [5.41, 5.74) is 2.06. The zero-order chi connectivity index (χ0) is 27.7. The number of anilines is 1. The van der Waals surface area contributed by atoms with E-state index in [0.29, 0.717) is 38.0 Å². The molecular weight excluding hydrogens is 556 g/mol. The van der Waals surface area contributed by atoms with Gasteiger partial charge in [-0.25, -0.2) is 21.1 Å². The van der Waals surface area contributed by atoms with E-state index in [-0.39, 0.29) is 27.1 Å². The third-order valence-electron chi connectivity index (χ3n) is 9.02. The molecule has 11 heteroatoms. The van der Waals surface area contributed by atoms with Gasteiger partial charge in [-0.2, -0.15) is 4.31 Å². The highest BCUT2D eigenvalue weighted by molar-refractivity contribution is 7.89. The molecule has 0 radical (unpaired) electrons. The van der Waals surface area contributed by atoms with E-state index < -0.39 is 20.0 Å². The molecule has 1 atom stereocenters. The lowest BCUT2D eigenvalue weighted by Gasteiger charge is -2.47. The zero-order valence-corrected chi connectivity index (χ0v) is 25.0. The fourth-order valence-corrected chi connectivity index (χ4v) is 10.7. The molecule has 0 bridgehead atoms. The van der Waals surface area contributed by atoms with Crippen LogP contribution in [0.5, 0.6) is 0 Å². The van der Waals surface area contributed by atoms with Gasteiger partial charge in [-0.3, -0.25) is 4.98 Å². The van der Waals surface area contributed by atoms with Crippen molar-refractivity contribution in [2.24, 2.45) is 5.41 Å². The summed E-state index contributed by atoms with van der Waals surface area (Å²) in [6.07, 6.45) is 10.1. The summed E-state index contributed by atoms with van der Waals surface area (Å²) in [5, 5.41) is 0.231. The smallest absolute Gasteiger partial charge is 0.245 e. The average Bonchev–Trinajstić information content (AvgIpc) is 3.39. The van der Waals surface area contributed by atoms with Crippen molar-refractivity contribution in [2.45, 2.75) is 69.2 Å². The summed E-state index contributed by atoms with van der Waals surface area (Å²) in [7, 11) is -7.11. The number of aryl methyl sites for hydroxylation is 1. The van der Waals surface area contributed by atoms with Crippen LogP contribution in [0.15, 0.2) is 47.6 Å². The number of hydrogen-bond donors (Lipinski definition) is 0. The lowest BCUT2D eigenvalue weighted by molar-refractivity contribution is 0.119. The SMILES string of the molecule is Cc1cccc(Cl)c1S(=O)(=O)N1CCC[C@H]1CCCS(=O)(=O)N1CCC2(CCN(c3ccncc3)CC2)CC1. The first-order chi connectivity index (χ1) is 18.6. The zero-order valence-electron chi connectivity index (χ0n) is 22.6. The fraction of sp³-hybridized carbons (Fsp3) is 0.607. The molecule has 4 heterocycles. The fourth-order valence-electron chi connectivity index (χ4n) is 6.64. The Hall–Kier alpha value is -1.72. The Labute approximate surface area is 238 Å². The summed E-state index contributed by atoms with van der Waals surface area (Å²) in [6, 6.07) is 9.00. The maximum Gasteiger partial charge on any atom is 0.245 e. The van der Waals surface area contributed by atoms with Gasteiger partial charge >= 0.3 is 0 Å². The molecule has 2 aromatic rings. The van der Waals surface area contributed by atoms with Gasteiger partial charge < -0.3 is 4.90 Å². The highest BCUT2D eigenvalue weighted by Crippen LogP contribution is 2.42. The van der Waals surface area contributed by atoms with Crippen molar-refractivity contribution in [2.75, 3.05) is 43.4 Å². The molecule has 3 saturated heterocycles. The Morgan fingerprint density at radius 2 is 1.62 bits per heavy atom. The van der Waals surface area contributed by atoms with Gasteiger partial charge in [0.15, 0.2) is 0 Å². The van der Waals surface area contributed by atoms with Crippen molar-refractivity contribution in [3.05, 3.63) is 53.3 Å². The van der Waals surface area contributed by atoms with Crippen LogP contribution in [-0.4, -0.2) is 74.9 Å². The molecule has 214 valence electrons. The van der Waals surface area contributed by atoms with Crippen molar-refractivity contribution in [3.63, 3.8) is 0 Å². The lowest BCUT2D eigenvalue weighted by Crippen LogP contribution is -2.48. The van der Waals surface area contributed by atoms with E-state index in [4.69, 9.17) is 11.6 Å². The van der Waals surface area contributed by atoms with Gasteiger partial charge in [0, 0.05) is 56.8 Å². The molecule has 1 spiro atoms. The van der Waals surface area contributed by atoms with E-state index in [1.54, 1.807) is 29.4 Å². The summed E-state index contributed by atoms with van der Waals surface area (Å²) in [5.74, 6) is 0.0608. The summed E-state index contributed by atoms with van der Waals surface area (Å²) in [6.45, 7) is 5.33. The summed E-state index contributed by atoms with van der Waals surface area (Å²) >= 11 is 6.28. The highest BCUT2D eigenvalue weighted by Gasteiger charge is 2.41. The minimum Gasteiger partial charge on any atom is -0.371 e. The molecule has 1 aromatic heterocycles. The number of nitrogens with zero attached hydrogens (tertiary/aromatic N) is 4. The Bertz CT molecular complexity index is 1330. The van der Waals surface area contributed by atoms with Crippen LogP contribution in [0.1, 0.15) is 56.9 Å². The number of rotatable bonds is 8. The van der Waals surface area contributed by atoms with E-state index in [1.165, 1.54) is 9.99 Å². The van der Waals surface area contributed by atoms with E-state index >= 15 is 0 Å². The van der Waals surface area contributed by atoms with Crippen LogP contribution in [0.3, 0.4) is 0 Å². The van der Waals surface area contributed by atoms with Crippen LogP contribution < -0.4 is 4.90 Å². The molecule has 8 nitrogen and oxygen atoms in total. The molecule has 0 saturated carbocycles. The van der Waals surface area contributed by atoms with Crippen LogP contribution >= 0.6 is 11.6 Å². The number of halogens is 1. The van der Waals surface area contributed by atoms with Gasteiger partial charge in [-0.1, -0.05) is 23.7 Å². The maximum atomic E-state index is 13.5. The summed E-state index contributed by atoms with van der Waals surface area (Å²) in [4.78, 5) is 6.67. The van der Waals surface area contributed by atoms with Crippen LogP contribution in [-0.2, 0) is 20.0 Å². The lowest BCUT2D eigenvalue weighted by atomic mass is 9.71. The van der Waals surface area contributed by atoms with E-state index in [0.717, 1.165) is 51.6 Å². The summed E-state index contributed by atoms with van der Waals surface area (Å²) < 4.78 is 56.6. The number of pyridine rings is 1. The Morgan fingerprint density at radius 3 is 2.28 bits per heavy atom. The minimum atomic E-state index is -3.74. The van der Waals surface area contributed by atoms with Crippen molar-refractivity contribution in [1.82, 2.24) is 13.6 Å². The second-order valence-electron chi connectivity index (χ2n) is 11.3. The van der Waals surface area contributed by atoms with Crippen LogP contribution in [0.4, 0.5) is 5.69 Å². The van der Waals surface area contributed by atoms with Crippen LogP contribution in [0.2, 0.25) is 5.02 Å². The largest absolute Gasteiger partial charge is 0.371 e. The highest BCUT2D eigenvalue weighted by atomic mass is 35.5. The van der Waals surface area contributed by atoms with E-state index in [9.17, 15) is 16.8 Å². The first kappa shape index (κ1) is 28.8. The van der Waals surface area contributed by atoms with Crippen LogP contribution in [0.25, 0.3) is 0 Å². The molecule has 5 rings (SSSR count). The van der Waals surface area contributed by atoms with Gasteiger partial charge in [-0.15, -0.1) is 0 Å². The Balaban J connectivity index is 1.12. The quantitative estimate of drug-likeness (QED) is 0.440. The predicted octanol–water partition coefficient (Wildman–Crippen LogP) is 4.69. The number of piperidine rings is 2. The first-order valence-electron chi connectivity index (χ1n) is 14.0. The maximum absolute atomic E-state index is 13.5. The topological polar surface area (TPSA) is 90.9 Å². The van der Waals surface area contributed by atoms with Gasteiger partial charge in [0.1, 0.15) is 4.90 Å². The van der Waals surface area contributed by atoms with Gasteiger partial charge in [0.25, 0.3) is 0 Å². The normalized spacial score (nSPS) is 22.9. The van der Waals surface area contributed by atoms with Gasteiger partial charge in [0.2, 0.25) is 20.0 Å². The predicted molar refractivity (Wildman–Crippen MR) is 155 cm³/mol. The monoisotopic (exact) mass is 594 g/mol. The molecule has 3 fully saturated rings. The molecular formula is C28H39ClN4O4S2. The van der Waals surface area contributed by atoms with Gasteiger partial charge in [0.05, 0.1) is 10.8 Å². The molecule has 0 amide bonds. The van der Waals surface area contributed by atoms with Crippen molar-refractivity contribution < 1.29 is 16.8 Å². The third-order valence-corrected chi connectivity index (χ3v) is 13.6. The molecule has 0 N–H and O–H groups in total. The number of hydrogen-bond acceptors (Lipinski definition) is 6. The second-order valence-corrected chi connectivity index (χ2v) is 15.7. The average molecular weight is 595 g/mol. The molecule has 3 aliphatic heterocycles. The van der Waals surface area contributed by atoms with Crippen molar-refractivity contribution in [3.8, 4) is 0 Å². The van der Waals surface area contributed by atoms with Crippen molar-refractivity contribution in [1.29, 1.82) is 0 Å². The molecule has 39 heavy (non-hydrogen) atoms. The van der Waals surface area contributed by atoms with Crippen molar-refractivity contribution >= 4 is 37.3 Å². The standard InChI is InChI=1S/C28H39ClN4O4S2/c1-23-5-2-8-26(29)27(23)39(36,37)33-17-3-6-25(33)7-4-22-38(34,35)32-20-13-28(14-21-32)11-18-31(19-12-28)24-9-15-30-16-10-24/h2,5,8-10,15-16,25H,3-4,6-7,11-14,17-22H2,1H3/t25-/m0/s1. The first-order valence-corrected chi connectivity index (χ1v) is 17.4. The molecule has 0 aliphatic carbocycles. The molecule has 0 unspecified atom stereocenters. The Kier molecular flexibility index (Phi) is 8.60. The van der Waals surface area contributed by atoms with E-state index in [2.05, 4.69) is 9.88 Å². The third kappa shape index (κ3) is 6.15. The number of sulfonamides is 2. The minimum absolute atomic E-state index is 0.0608. The molecule has 3 aliphatic rings. The number of aromatic nitrogens is 1. The Morgan fingerprint density at radius 1 is 0.949 bits per heavy atom.